The number of hydrogen-bond acceptors (Lipinski definition) is 3. The summed E-state index contributed by atoms with van der Waals surface area (Å²) >= 11 is 0. The fraction of sp³-hybridized carbons (Fsp3) is 0.526. The molecule has 3 nitrogen and oxygen atoms in total. The van der Waals surface area contributed by atoms with E-state index in [1.54, 1.807) is 6.08 Å². The molecule has 1 aromatic heterocycles. The molecular formula is C38H50FN3. The molecule has 1 aliphatic heterocycles. The van der Waals surface area contributed by atoms with Gasteiger partial charge in [0.05, 0.1) is 0 Å². The van der Waals surface area contributed by atoms with Crippen LogP contribution < -0.4 is 0 Å². The van der Waals surface area contributed by atoms with Gasteiger partial charge < -0.3 is 0 Å². The van der Waals surface area contributed by atoms with Crippen molar-refractivity contribution in [2.45, 2.75) is 103 Å². The Hall–Kier alpha value is -2.85. The molecule has 2 aliphatic carbocycles. The topological polar surface area (TPSA) is 29.0 Å². The van der Waals surface area contributed by atoms with E-state index in [1.807, 2.05) is 24.5 Å². The molecular weight excluding hydrogens is 517 g/mol. The Labute approximate surface area is 253 Å². The third-order valence-corrected chi connectivity index (χ3v) is 10.4. The zero-order valence-electron chi connectivity index (χ0n) is 26.2. The van der Waals surface area contributed by atoms with Crippen molar-refractivity contribution < 1.29 is 4.39 Å². The number of piperidine rings is 1. The molecule has 0 spiro atoms. The Morgan fingerprint density at radius 1 is 1.05 bits per heavy atom. The van der Waals surface area contributed by atoms with Crippen molar-refractivity contribution in [1.82, 2.24) is 14.9 Å². The van der Waals surface area contributed by atoms with Gasteiger partial charge in [0, 0.05) is 42.7 Å². The minimum absolute atomic E-state index is 0.00789. The van der Waals surface area contributed by atoms with Crippen LogP contribution in [-0.4, -0.2) is 34.0 Å². The molecule has 2 aromatic rings. The molecule has 42 heavy (non-hydrogen) atoms. The van der Waals surface area contributed by atoms with E-state index in [-0.39, 0.29) is 17.2 Å². The van der Waals surface area contributed by atoms with E-state index < -0.39 is 0 Å². The molecule has 4 heteroatoms. The Kier molecular flexibility index (Phi) is 10.3. The second-order valence-electron chi connectivity index (χ2n) is 13.0. The van der Waals surface area contributed by atoms with E-state index in [9.17, 15) is 4.39 Å². The highest BCUT2D eigenvalue weighted by molar-refractivity contribution is 5.49. The zero-order valence-corrected chi connectivity index (χ0v) is 26.2. The standard InChI is InChI=1S/C38H50FN3/c1-5-7-20-38(6-2,33-14-9-8-10-15-33)29(4)42-23-11-13-32(27-42)36-26-31(30-16-18-34(39)25-28(3)24-30)17-19-35(36)37-40-21-12-22-41-37/h8-10,12,14-18,21-22,26,28-29,32,35H,5-7,11,13,19-20,23-25,27H2,1-4H3. The number of benzene rings is 1. The smallest absolute Gasteiger partial charge is 0.135 e. The maximum atomic E-state index is 14.3. The molecule has 0 N–H and O–H groups in total. The lowest BCUT2D eigenvalue weighted by molar-refractivity contribution is 0.0777. The average molecular weight is 568 g/mol. The van der Waals surface area contributed by atoms with Crippen molar-refractivity contribution in [3.8, 4) is 0 Å². The molecule has 0 saturated carbocycles. The van der Waals surface area contributed by atoms with Gasteiger partial charge in [-0.25, -0.2) is 14.4 Å². The second kappa shape index (κ2) is 14.1. The Morgan fingerprint density at radius 2 is 1.83 bits per heavy atom. The normalized spacial score (nSPS) is 25.8. The van der Waals surface area contributed by atoms with Gasteiger partial charge in [-0.1, -0.05) is 87.7 Å². The van der Waals surface area contributed by atoms with Crippen LogP contribution in [0.1, 0.15) is 103 Å². The van der Waals surface area contributed by atoms with Crippen molar-refractivity contribution in [2.24, 2.45) is 11.8 Å². The largest absolute Gasteiger partial charge is 0.299 e. The number of aromatic nitrogens is 2. The van der Waals surface area contributed by atoms with Crippen molar-refractivity contribution in [3.05, 3.63) is 107 Å². The predicted octanol–water partition coefficient (Wildman–Crippen LogP) is 9.67. The minimum atomic E-state index is -0.00789. The first-order chi connectivity index (χ1) is 20.4. The number of unbranched alkanes of at least 4 members (excludes halogenated alkanes) is 1. The van der Waals surface area contributed by atoms with Gasteiger partial charge in [-0.3, -0.25) is 4.90 Å². The van der Waals surface area contributed by atoms with Gasteiger partial charge in [-0.2, -0.15) is 0 Å². The molecule has 5 atom stereocenters. The van der Waals surface area contributed by atoms with Gasteiger partial charge in [-0.05, 0) is 92.7 Å². The Bertz CT molecular complexity index is 1290. The van der Waals surface area contributed by atoms with Crippen molar-refractivity contribution in [2.75, 3.05) is 13.1 Å². The van der Waals surface area contributed by atoms with Crippen LogP contribution >= 0.6 is 0 Å². The first-order valence-corrected chi connectivity index (χ1v) is 16.5. The third-order valence-electron chi connectivity index (χ3n) is 10.4. The molecule has 224 valence electrons. The van der Waals surface area contributed by atoms with E-state index in [2.05, 4.69) is 75.1 Å². The van der Waals surface area contributed by atoms with Gasteiger partial charge in [0.15, 0.2) is 0 Å². The van der Waals surface area contributed by atoms with Crippen LogP contribution in [0.15, 0.2) is 95.6 Å². The molecule has 1 saturated heterocycles. The average Bonchev–Trinajstić information content (AvgIpc) is 3.21. The first-order valence-electron chi connectivity index (χ1n) is 16.5. The molecule has 2 heterocycles. The molecule has 5 rings (SSSR count). The molecule has 3 aliphatic rings. The van der Waals surface area contributed by atoms with E-state index in [4.69, 9.17) is 9.97 Å². The number of allylic oxidation sites excluding steroid dienone is 7. The highest BCUT2D eigenvalue weighted by Gasteiger charge is 2.41. The highest BCUT2D eigenvalue weighted by atomic mass is 19.1. The summed E-state index contributed by atoms with van der Waals surface area (Å²) in [6, 6.07) is 13.7. The fourth-order valence-electron chi connectivity index (χ4n) is 7.93. The molecule has 5 unspecified atom stereocenters. The summed E-state index contributed by atoms with van der Waals surface area (Å²) in [5, 5.41) is 0. The van der Waals surface area contributed by atoms with Crippen LogP contribution in [0, 0.1) is 11.8 Å². The fourth-order valence-corrected chi connectivity index (χ4v) is 7.93. The summed E-state index contributed by atoms with van der Waals surface area (Å²) in [6.07, 6.45) is 21.8. The number of likely N-dealkylation sites (tertiary alicyclic amines) is 1. The van der Waals surface area contributed by atoms with E-state index in [0.717, 1.165) is 38.2 Å². The zero-order chi connectivity index (χ0) is 29.5. The number of nitrogens with zero attached hydrogens (tertiary/aromatic N) is 3. The number of halogens is 1. The van der Waals surface area contributed by atoms with Gasteiger partial charge in [0.25, 0.3) is 0 Å². The maximum absolute atomic E-state index is 14.3. The predicted molar refractivity (Wildman–Crippen MR) is 173 cm³/mol. The first kappa shape index (κ1) is 30.6. The van der Waals surface area contributed by atoms with Crippen LogP contribution in [0.25, 0.3) is 0 Å². The number of hydrogen-bond donors (Lipinski definition) is 0. The quantitative estimate of drug-likeness (QED) is 0.286. The highest BCUT2D eigenvalue weighted by Crippen LogP contribution is 2.45. The second-order valence-corrected chi connectivity index (χ2v) is 13.0. The van der Waals surface area contributed by atoms with Gasteiger partial charge >= 0.3 is 0 Å². The van der Waals surface area contributed by atoms with Crippen molar-refractivity contribution in [3.63, 3.8) is 0 Å². The minimum Gasteiger partial charge on any atom is -0.299 e. The van der Waals surface area contributed by atoms with Crippen molar-refractivity contribution in [1.29, 1.82) is 0 Å². The van der Waals surface area contributed by atoms with Crippen molar-refractivity contribution >= 4 is 0 Å². The van der Waals surface area contributed by atoms with Crippen LogP contribution in [0.2, 0.25) is 0 Å². The molecule has 1 fully saturated rings. The summed E-state index contributed by atoms with van der Waals surface area (Å²) in [6.45, 7) is 11.6. The third kappa shape index (κ3) is 6.70. The number of rotatable bonds is 10. The molecule has 0 radical (unpaired) electrons. The van der Waals surface area contributed by atoms with Gasteiger partial charge in [0.1, 0.15) is 11.7 Å². The lowest BCUT2D eigenvalue weighted by Gasteiger charge is -2.48. The van der Waals surface area contributed by atoms with E-state index in [0.29, 0.717) is 24.3 Å². The summed E-state index contributed by atoms with van der Waals surface area (Å²) < 4.78 is 14.3. The molecule has 1 aromatic carbocycles. The van der Waals surface area contributed by atoms with E-state index in [1.165, 1.54) is 54.4 Å². The lowest BCUT2D eigenvalue weighted by atomic mass is 9.68. The molecule has 0 amide bonds. The van der Waals surface area contributed by atoms with Gasteiger partial charge in [0.2, 0.25) is 0 Å². The van der Waals surface area contributed by atoms with Crippen LogP contribution in [0.5, 0.6) is 0 Å². The lowest BCUT2D eigenvalue weighted by Crippen LogP contribution is -2.52. The maximum Gasteiger partial charge on any atom is 0.135 e. The Balaban J connectivity index is 1.47. The van der Waals surface area contributed by atoms with Crippen LogP contribution in [0.4, 0.5) is 4.39 Å². The summed E-state index contributed by atoms with van der Waals surface area (Å²) in [5.41, 5.74) is 5.63. The van der Waals surface area contributed by atoms with E-state index >= 15 is 0 Å². The summed E-state index contributed by atoms with van der Waals surface area (Å²) in [7, 11) is 0. The molecule has 0 bridgehead atoms. The Morgan fingerprint density at radius 3 is 2.57 bits per heavy atom. The SMILES string of the molecule is CCCCC(CC)(c1ccccc1)C(C)N1CCCC(C2=CC(C3=CC=C(F)CC(C)C3)=CCC2c2ncccn2)C1. The van der Waals surface area contributed by atoms with Crippen LogP contribution in [0.3, 0.4) is 0 Å². The van der Waals surface area contributed by atoms with Gasteiger partial charge in [-0.15, -0.1) is 0 Å². The summed E-state index contributed by atoms with van der Waals surface area (Å²) in [4.78, 5) is 12.3. The summed E-state index contributed by atoms with van der Waals surface area (Å²) in [5.74, 6) is 1.86. The monoisotopic (exact) mass is 567 g/mol. The van der Waals surface area contributed by atoms with Crippen LogP contribution in [-0.2, 0) is 5.41 Å².